The molecule has 18 heavy (non-hydrogen) atoms. The highest BCUT2D eigenvalue weighted by Gasteiger charge is 2.24. The minimum Gasteiger partial charge on any atom is -0.493 e. The average molecular weight is 250 g/mol. The Bertz CT molecular complexity index is 446. The molecular weight excluding hydrogens is 232 g/mol. The zero-order valence-corrected chi connectivity index (χ0v) is 10.7. The number of methoxy groups -OCH3 is 1. The first-order chi connectivity index (χ1) is 8.78. The maximum Gasteiger partial charge on any atom is 0.231 e. The van der Waals surface area contributed by atoms with Crippen LogP contribution in [0.25, 0.3) is 0 Å². The summed E-state index contributed by atoms with van der Waals surface area (Å²) in [7, 11) is 3.79. The Morgan fingerprint density at radius 3 is 2.89 bits per heavy atom. The summed E-state index contributed by atoms with van der Waals surface area (Å²) in [5, 5.41) is 3.28. The average Bonchev–Trinajstić information content (AvgIpc) is 2.73. The second-order valence-corrected chi connectivity index (χ2v) is 4.76. The third kappa shape index (κ3) is 2.00. The molecule has 0 saturated carbocycles. The number of rotatable bonds is 4. The molecule has 0 amide bonds. The molecule has 1 fully saturated rings. The van der Waals surface area contributed by atoms with E-state index in [1.807, 2.05) is 12.1 Å². The van der Waals surface area contributed by atoms with Gasteiger partial charge in [-0.1, -0.05) is 0 Å². The van der Waals surface area contributed by atoms with Crippen molar-refractivity contribution in [1.82, 2.24) is 10.2 Å². The predicted octanol–water partition coefficient (Wildman–Crippen LogP) is 0.827. The molecule has 0 bridgehead atoms. The number of benzene rings is 1. The van der Waals surface area contributed by atoms with Gasteiger partial charge in [0.05, 0.1) is 7.11 Å². The number of hydrogen-bond acceptors (Lipinski definition) is 5. The summed E-state index contributed by atoms with van der Waals surface area (Å²) in [6, 6.07) is 4.69. The van der Waals surface area contributed by atoms with Crippen LogP contribution in [0.1, 0.15) is 5.56 Å². The van der Waals surface area contributed by atoms with Crippen molar-refractivity contribution in [2.45, 2.75) is 12.6 Å². The Morgan fingerprint density at radius 1 is 1.39 bits per heavy atom. The Hall–Kier alpha value is -1.46. The molecule has 1 N–H and O–H groups in total. The van der Waals surface area contributed by atoms with E-state index < -0.39 is 0 Å². The van der Waals surface area contributed by atoms with Gasteiger partial charge in [-0.2, -0.15) is 0 Å². The maximum absolute atomic E-state index is 5.43. The summed E-state index contributed by atoms with van der Waals surface area (Å²) in [5.74, 6) is 2.25. The lowest BCUT2D eigenvalue weighted by atomic mass is 10.1. The molecule has 1 saturated heterocycles. The van der Waals surface area contributed by atoms with Gasteiger partial charge >= 0.3 is 0 Å². The molecule has 1 aromatic carbocycles. The highest BCUT2D eigenvalue weighted by Crippen LogP contribution is 2.42. The number of nitrogens with zero attached hydrogens (tertiary/aromatic N) is 1. The summed E-state index contributed by atoms with van der Waals surface area (Å²) < 4.78 is 16.2. The van der Waals surface area contributed by atoms with Crippen LogP contribution in [0.4, 0.5) is 0 Å². The Kier molecular flexibility index (Phi) is 3.01. The largest absolute Gasteiger partial charge is 0.493 e. The molecule has 2 aliphatic rings. The first-order valence-corrected chi connectivity index (χ1v) is 6.15. The minimum absolute atomic E-state index is 0.275. The van der Waals surface area contributed by atoms with Crippen LogP contribution in [0.5, 0.6) is 17.2 Å². The number of likely N-dealkylation sites (N-methyl/N-ethyl adjacent to an activating group) is 1. The van der Waals surface area contributed by atoms with Crippen molar-refractivity contribution in [2.75, 3.05) is 34.0 Å². The van der Waals surface area contributed by atoms with Gasteiger partial charge in [-0.15, -0.1) is 0 Å². The SMILES string of the molecule is COc1cc(CN(C)C2CNC2)cc2c1OCO2. The summed E-state index contributed by atoms with van der Waals surface area (Å²) in [6.07, 6.45) is 0. The molecule has 3 rings (SSSR count). The minimum atomic E-state index is 0.275. The second kappa shape index (κ2) is 4.66. The molecule has 0 unspecified atom stereocenters. The fraction of sp³-hybridized carbons (Fsp3) is 0.538. The van der Waals surface area contributed by atoms with Crippen LogP contribution in [-0.4, -0.2) is 45.0 Å². The van der Waals surface area contributed by atoms with E-state index in [9.17, 15) is 0 Å². The van der Waals surface area contributed by atoms with Crippen molar-refractivity contribution in [1.29, 1.82) is 0 Å². The number of nitrogens with one attached hydrogen (secondary N) is 1. The number of hydrogen-bond donors (Lipinski definition) is 1. The third-order valence-electron chi connectivity index (χ3n) is 3.53. The van der Waals surface area contributed by atoms with E-state index in [0.29, 0.717) is 11.8 Å². The van der Waals surface area contributed by atoms with Crippen LogP contribution in [0.2, 0.25) is 0 Å². The van der Waals surface area contributed by atoms with Gasteiger partial charge in [0.2, 0.25) is 12.5 Å². The van der Waals surface area contributed by atoms with E-state index in [1.165, 1.54) is 5.56 Å². The van der Waals surface area contributed by atoms with Crippen LogP contribution in [0.3, 0.4) is 0 Å². The lowest BCUT2D eigenvalue weighted by molar-refractivity contribution is 0.170. The summed E-state index contributed by atoms with van der Waals surface area (Å²) in [6.45, 7) is 3.30. The highest BCUT2D eigenvalue weighted by atomic mass is 16.7. The van der Waals surface area contributed by atoms with E-state index in [1.54, 1.807) is 7.11 Å². The molecule has 0 aliphatic carbocycles. The van der Waals surface area contributed by atoms with Crippen LogP contribution >= 0.6 is 0 Å². The molecule has 0 atom stereocenters. The van der Waals surface area contributed by atoms with Gasteiger partial charge in [0.1, 0.15) is 0 Å². The summed E-state index contributed by atoms with van der Waals surface area (Å²) in [5.41, 5.74) is 1.19. The normalized spacial score (nSPS) is 17.9. The van der Waals surface area contributed by atoms with Crippen molar-refractivity contribution in [3.05, 3.63) is 17.7 Å². The standard InChI is InChI=1S/C13H18N2O3/c1-15(10-5-14-6-10)7-9-3-11(16-2)13-12(4-9)17-8-18-13/h3-4,10,14H,5-8H2,1-2H3. The molecule has 5 heteroatoms. The molecule has 2 heterocycles. The Morgan fingerprint density at radius 2 is 2.22 bits per heavy atom. The lowest BCUT2D eigenvalue weighted by Gasteiger charge is -2.35. The molecule has 0 aromatic heterocycles. The molecule has 1 aromatic rings. The lowest BCUT2D eigenvalue weighted by Crippen LogP contribution is -2.55. The van der Waals surface area contributed by atoms with E-state index in [0.717, 1.165) is 31.1 Å². The predicted molar refractivity (Wildman–Crippen MR) is 67.2 cm³/mol. The van der Waals surface area contributed by atoms with Gasteiger partial charge in [0.25, 0.3) is 0 Å². The smallest absolute Gasteiger partial charge is 0.231 e. The zero-order chi connectivity index (χ0) is 12.5. The van der Waals surface area contributed by atoms with E-state index in [2.05, 4.69) is 17.3 Å². The zero-order valence-electron chi connectivity index (χ0n) is 10.7. The molecule has 0 radical (unpaired) electrons. The topological polar surface area (TPSA) is 43.0 Å². The monoisotopic (exact) mass is 250 g/mol. The summed E-state index contributed by atoms with van der Waals surface area (Å²) in [4.78, 5) is 2.34. The second-order valence-electron chi connectivity index (χ2n) is 4.76. The van der Waals surface area contributed by atoms with E-state index >= 15 is 0 Å². The van der Waals surface area contributed by atoms with E-state index in [4.69, 9.17) is 14.2 Å². The Labute approximate surface area is 107 Å². The van der Waals surface area contributed by atoms with Gasteiger partial charge in [0, 0.05) is 25.7 Å². The van der Waals surface area contributed by atoms with Gasteiger partial charge in [-0.25, -0.2) is 0 Å². The third-order valence-corrected chi connectivity index (χ3v) is 3.53. The van der Waals surface area contributed by atoms with E-state index in [-0.39, 0.29) is 6.79 Å². The van der Waals surface area contributed by atoms with Crippen molar-refractivity contribution >= 4 is 0 Å². The van der Waals surface area contributed by atoms with Crippen molar-refractivity contribution in [3.63, 3.8) is 0 Å². The fourth-order valence-electron chi connectivity index (χ4n) is 2.28. The number of ether oxygens (including phenoxy) is 3. The first-order valence-electron chi connectivity index (χ1n) is 6.15. The number of fused-ring (bicyclic) bond motifs is 1. The van der Waals surface area contributed by atoms with Crippen LogP contribution < -0.4 is 19.5 Å². The van der Waals surface area contributed by atoms with Gasteiger partial charge in [0.15, 0.2) is 11.5 Å². The van der Waals surface area contributed by atoms with Crippen molar-refractivity contribution in [2.24, 2.45) is 0 Å². The molecule has 2 aliphatic heterocycles. The van der Waals surface area contributed by atoms with Gasteiger partial charge in [-0.05, 0) is 24.7 Å². The summed E-state index contributed by atoms with van der Waals surface area (Å²) >= 11 is 0. The highest BCUT2D eigenvalue weighted by molar-refractivity contribution is 5.55. The van der Waals surface area contributed by atoms with Crippen molar-refractivity contribution < 1.29 is 14.2 Å². The fourth-order valence-corrected chi connectivity index (χ4v) is 2.28. The van der Waals surface area contributed by atoms with Crippen molar-refractivity contribution in [3.8, 4) is 17.2 Å². The van der Waals surface area contributed by atoms with Crippen LogP contribution in [0, 0.1) is 0 Å². The first kappa shape index (κ1) is 11.6. The molecule has 98 valence electrons. The quantitative estimate of drug-likeness (QED) is 0.857. The van der Waals surface area contributed by atoms with Crippen LogP contribution in [0.15, 0.2) is 12.1 Å². The Balaban J connectivity index is 1.79. The molecule has 5 nitrogen and oxygen atoms in total. The van der Waals surface area contributed by atoms with Gasteiger partial charge in [-0.3, -0.25) is 4.90 Å². The molecule has 0 spiro atoms. The van der Waals surface area contributed by atoms with Crippen LogP contribution in [-0.2, 0) is 6.54 Å². The maximum atomic E-state index is 5.43. The van der Waals surface area contributed by atoms with Gasteiger partial charge < -0.3 is 19.5 Å². The molecular formula is C13H18N2O3.